The number of carbonyl (C=O) groups excluding carboxylic acids is 3. The summed E-state index contributed by atoms with van der Waals surface area (Å²) in [6.45, 7) is 0. The third-order valence-electron chi connectivity index (χ3n) is 4.59. The summed E-state index contributed by atoms with van der Waals surface area (Å²) in [5.74, 6) is -1.33. The SMILES string of the molecule is COC(=O)[C@H]1C[C@@]2(CCC1=O)Cc1ccccc1C2=O. The van der Waals surface area contributed by atoms with Gasteiger partial charge in [0.15, 0.2) is 5.78 Å². The molecule has 2 aliphatic rings. The van der Waals surface area contributed by atoms with Crippen LogP contribution in [-0.4, -0.2) is 24.6 Å². The molecule has 0 bridgehead atoms. The number of benzene rings is 1. The summed E-state index contributed by atoms with van der Waals surface area (Å²) in [5.41, 5.74) is 1.18. The zero-order valence-corrected chi connectivity index (χ0v) is 11.3. The molecule has 4 heteroatoms. The minimum atomic E-state index is -0.785. The molecule has 0 aromatic heterocycles. The first kappa shape index (κ1) is 13.0. The van der Waals surface area contributed by atoms with Crippen molar-refractivity contribution in [1.82, 2.24) is 0 Å². The standard InChI is InChI=1S/C16H16O4/c1-20-15(19)12-9-16(7-6-13(12)17)8-10-4-2-3-5-11(10)14(16)18/h2-5,12H,6-9H2,1H3/t12-,16+/m0/s1. The molecule has 1 aromatic carbocycles. The molecule has 3 rings (SSSR count). The van der Waals surface area contributed by atoms with Gasteiger partial charge in [0, 0.05) is 17.4 Å². The first-order valence-electron chi connectivity index (χ1n) is 6.81. The number of ketones is 2. The molecule has 4 nitrogen and oxygen atoms in total. The van der Waals surface area contributed by atoms with Gasteiger partial charge in [-0.3, -0.25) is 14.4 Å². The Bertz CT molecular complexity index is 596. The van der Waals surface area contributed by atoms with E-state index in [0.29, 0.717) is 12.8 Å². The lowest BCUT2D eigenvalue weighted by Gasteiger charge is -2.34. The van der Waals surface area contributed by atoms with E-state index in [2.05, 4.69) is 0 Å². The maximum atomic E-state index is 12.7. The van der Waals surface area contributed by atoms with Crippen LogP contribution in [0.3, 0.4) is 0 Å². The first-order chi connectivity index (χ1) is 9.57. The highest BCUT2D eigenvalue weighted by Gasteiger charge is 2.51. The van der Waals surface area contributed by atoms with Gasteiger partial charge in [0.1, 0.15) is 11.7 Å². The number of ether oxygens (including phenoxy) is 1. The molecule has 0 unspecified atom stereocenters. The number of fused-ring (bicyclic) bond motifs is 1. The Labute approximate surface area is 117 Å². The molecule has 104 valence electrons. The van der Waals surface area contributed by atoms with E-state index in [4.69, 9.17) is 4.74 Å². The maximum absolute atomic E-state index is 12.7. The van der Waals surface area contributed by atoms with Gasteiger partial charge in [0.2, 0.25) is 0 Å². The number of hydrogen-bond acceptors (Lipinski definition) is 4. The Kier molecular flexibility index (Phi) is 2.96. The summed E-state index contributed by atoms with van der Waals surface area (Å²) in [5, 5.41) is 0. The second-order valence-corrected chi connectivity index (χ2v) is 5.69. The Morgan fingerprint density at radius 1 is 1.30 bits per heavy atom. The molecule has 2 aliphatic carbocycles. The Hall–Kier alpha value is -1.97. The molecule has 1 spiro atoms. The highest BCUT2D eigenvalue weighted by molar-refractivity contribution is 6.08. The van der Waals surface area contributed by atoms with Crippen LogP contribution in [0.25, 0.3) is 0 Å². The molecule has 0 radical (unpaired) electrons. The third-order valence-corrected chi connectivity index (χ3v) is 4.59. The second-order valence-electron chi connectivity index (χ2n) is 5.69. The summed E-state index contributed by atoms with van der Waals surface area (Å²) in [6, 6.07) is 7.54. The van der Waals surface area contributed by atoms with E-state index in [-0.39, 0.29) is 24.4 Å². The predicted octanol–water partition coefficient (Wildman–Crippen LogP) is 1.95. The molecule has 1 fully saturated rings. The van der Waals surface area contributed by atoms with Crippen LogP contribution < -0.4 is 0 Å². The first-order valence-corrected chi connectivity index (χ1v) is 6.81. The van der Waals surface area contributed by atoms with E-state index in [9.17, 15) is 14.4 Å². The predicted molar refractivity (Wildman–Crippen MR) is 71.3 cm³/mol. The third kappa shape index (κ3) is 1.79. The van der Waals surface area contributed by atoms with Crippen LogP contribution in [0.4, 0.5) is 0 Å². The molecule has 0 aliphatic heterocycles. The van der Waals surface area contributed by atoms with Crippen LogP contribution in [0, 0.1) is 11.3 Å². The van der Waals surface area contributed by atoms with E-state index >= 15 is 0 Å². The lowest BCUT2D eigenvalue weighted by atomic mass is 9.67. The minimum absolute atomic E-state index is 0.0782. The number of Topliss-reactive ketones (excluding diaryl/α,β-unsaturated/α-hetero) is 2. The van der Waals surface area contributed by atoms with Crippen molar-refractivity contribution in [3.63, 3.8) is 0 Å². The maximum Gasteiger partial charge on any atom is 0.316 e. The van der Waals surface area contributed by atoms with E-state index < -0.39 is 17.3 Å². The van der Waals surface area contributed by atoms with Crippen molar-refractivity contribution >= 4 is 17.5 Å². The minimum Gasteiger partial charge on any atom is -0.468 e. The van der Waals surface area contributed by atoms with Gasteiger partial charge in [0.05, 0.1) is 7.11 Å². The summed E-state index contributed by atoms with van der Waals surface area (Å²) >= 11 is 0. The van der Waals surface area contributed by atoms with Crippen molar-refractivity contribution in [1.29, 1.82) is 0 Å². The van der Waals surface area contributed by atoms with Gasteiger partial charge < -0.3 is 4.74 Å². The number of carbonyl (C=O) groups is 3. The van der Waals surface area contributed by atoms with Crippen molar-refractivity contribution in [3.8, 4) is 0 Å². The summed E-state index contributed by atoms with van der Waals surface area (Å²) < 4.78 is 4.70. The van der Waals surface area contributed by atoms with Gasteiger partial charge in [-0.15, -0.1) is 0 Å². The van der Waals surface area contributed by atoms with Gasteiger partial charge >= 0.3 is 5.97 Å². The van der Waals surface area contributed by atoms with Crippen LogP contribution in [0.15, 0.2) is 24.3 Å². The van der Waals surface area contributed by atoms with Crippen molar-refractivity contribution < 1.29 is 19.1 Å². The van der Waals surface area contributed by atoms with Gasteiger partial charge in [-0.25, -0.2) is 0 Å². The molecular weight excluding hydrogens is 256 g/mol. The second kappa shape index (κ2) is 4.54. The van der Waals surface area contributed by atoms with Crippen LogP contribution in [-0.2, 0) is 20.7 Å². The molecular formula is C16H16O4. The number of hydrogen-bond donors (Lipinski definition) is 0. The molecule has 2 atom stereocenters. The molecule has 0 saturated heterocycles. The van der Waals surface area contributed by atoms with Crippen LogP contribution in [0.1, 0.15) is 35.2 Å². The van der Waals surface area contributed by atoms with Crippen LogP contribution in [0.5, 0.6) is 0 Å². The number of rotatable bonds is 1. The molecule has 20 heavy (non-hydrogen) atoms. The monoisotopic (exact) mass is 272 g/mol. The zero-order valence-electron chi connectivity index (χ0n) is 11.3. The fourth-order valence-electron chi connectivity index (χ4n) is 3.49. The molecule has 1 saturated carbocycles. The summed E-state index contributed by atoms with van der Waals surface area (Å²) in [4.78, 5) is 36.3. The quantitative estimate of drug-likeness (QED) is 0.579. The number of methoxy groups -OCH3 is 1. The average molecular weight is 272 g/mol. The molecule has 1 aromatic rings. The molecule has 0 heterocycles. The van der Waals surface area contributed by atoms with Crippen molar-refractivity contribution in [2.24, 2.45) is 11.3 Å². The van der Waals surface area contributed by atoms with Gasteiger partial charge in [-0.1, -0.05) is 24.3 Å². The Morgan fingerprint density at radius 2 is 2.05 bits per heavy atom. The largest absolute Gasteiger partial charge is 0.468 e. The van der Waals surface area contributed by atoms with E-state index in [1.807, 2.05) is 24.3 Å². The van der Waals surface area contributed by atoms with Crippen molar-refractivity contribution in [2.75, 3.05) is 7.11 Å². The van der Waals surface area contributed by atoms with Gasteiger partial charge in [0.25, 0.3) is 0 Å². The van der Waals surface area contributed by atoms with E-state index in [1.165, 1.54) is 7.11 Å². The lowest BCUT2D eigenvalue weighted by molar-refractivity contribution is -0.152. The topological polar surface area (TPSA) is 60.4 Å². The van der Waals surface area contributed by atoms with Crippen LogP contribution >= 0.6 is 0 Å². The smallest absolute Gasteiger partial charge is 0.316 e. The summed E-state index contributed by atoms with van der Waals surface area (Å²) in [6.07, 6.45) is 1.72. The average Bonchev–Trinajstić information content (AvgIpc) is 2.74. The normalized spacial score (nSPS) is 28.6. The summed E-state index contributed by atoms with van der Waals surface area (Å²) in [7, 11) is 1.28. The molecule has 0 amide bonds. The Balaban J connectivity index is 1.94. The zero-order chi connectivity index (χ0) is 14.3. The molecule has 0 N–H and O–H groups in total. The Morgan fingerprint density at radius 3 is 2.75 bits per heavy atom. The van der Waals surface area contributed by atoms with Crippen molar-refractivity contribution in [2.45, 2.75) is 25.7 Å². The van der Waals surface area contributed by atoms with E-state index in [0.717, 1.165) is 11.1 Å². The van der Waals surface area contributed by atoms with E-state index in [1.54, 1.807) is 0 Å². The lowest BCUT2D eigenvalue weighted by Crippen LogP contribution is -2.41. The fraction of sp³-hybridized carbons (Fsp3) is 0.438. The van der Waals surface area contributed by atoms with Gasteiger partial charge in [-0.05, 0) is 24.8 Å². The highest BCUT2D eigenvalue weighted by atomic mass is 16.5. The fourth-order valence-corrected chi connectivity index (χ4v) is 3.49. The van der Waals surface area contributed by atoms with Gasteiger partial charge in [-0.2, -0.15) is 0 Å². The number of esters is 1. The highest BCUT2D eigenvalue weighted by Crippen LogP contribution is 2.48. The van der Waals surface area contributed by atoms with Crippen molar-refractivity contribution in [3.05, 3.63) is 35.4 Å². The van der Waals surface area contributed by atoms with Crippen LogP contribution in [0.2, 0.25) is 0 Å².